The van der Waals surface area contributed by atoms with Gasteiger partial charge in [-0.3, -0.25) is 0 Å². The fourth-order valence-electron chi connectivity index (χ4n) is 1.14. The lowest BCUT2D eigenvalue weighted by atomic mass is 10.2. The van der Waals surface area contributed by atoms with Gasteiger partial charge in [0.25, 0.3) is 5.89 Å². The molecular weight excluding hydrogens is 298 g/mol. The lowest BCUT2D eigenvalue weighted by Gasteiger charge is -1.96. The summed E-state index contributed by atoms with van der Waals surface area (Å²) < 4.78 is 18.6. The van der Waals surface area contributed by atoms with E-state index in [2.05, 4.69) is 26.1 Å². The number of nitrogens with zero attached hydrogens (tertiary/aromatic N) is 2. The summed E-state index contributed by atoms with van der Waals surface area (Å²) in [6, 6.07) is 4.59. The van der Waals surface area contributed by atoms with Crippen LogP contribution in [0.3, 0.4) is 0 Å². The third-order valence-corrected chi connectivity index (χ3v) is 2.80. The number of alkyl halides is 1. The van der Waals surface area contributed by atoms with Crippen molar-refractivity contribution < 1.29 is 8.91 Å². The Hall–Kier alpha value is -0.940. The fraction of sp³-hybridized carbons (Fsp3) is 0.200. The topological polar surface area (TPSA) is 38.9 Å². The van der Waals surface area contributed by atoms with Crippen molar-refractivity contribution in [1.29, 1.82) is 0 Å². The van der Waals surface area contributed by atoms with Gasteiger partial charge in [0.2, 0.25) is 0 Å². The Bertz CT molecular complexity index is 515. The zero-order chi connectivity index (χ0) is 11.7. The first-order valence-corrected chi connectivity index (χ1v) is 5.74. The largest absolute Gasteiger partial charge is 0.334 e. The molecule has 2 rings (SSSR count). The van der Waals surface area contributed by atoms with Gasteiger partial charge in [-0.05, 0) is 41.1 Å². The lowest BCUT2D eigenvalue weighted by molar-refractivity contribution is 0.422. The zero-order valence-corrected chi connectivity index (χ0v) is 10.6. The third-order valence-electron chi connectivity index (χ3n) is 1.96. The average molecular weight is 306 g/mol. The van der Waals surface area contributed by atoms with E-state index in [1.807, 2.05) is 0 Å². The second-order valence-corrected chi connectivity index (χ2v) is 4.71. The smallest absolute Gasteiger partial charge is 0.258 e. The predicted octanol–water partition coefficient (Wildman–Crippen LogP) is 3.94. The molecule has 0 fully saturated rings. The van der Waals surface area contributed by atoms with E-state index in [1.165, 1.54) is 6.07 Å². The summed E-state index contributed by atoms with van der Waals surface area (Å²) >= 11 is 8.86. The normalized spacial score (nSPS) is 12.8. The number of halogens is 3. The maximum absolute atomic E-state index is 13.3. The van der Waals surface area contributed by atoms with Crippen LogP contribution in [0, 0.1) is 5.82 Å². The van der Waals surface area contributed by atoms with Gasteiger partial charge in [0.05, 0.1) is 9.85 Å². The molecule has 0 amide bonds. The zero-order valence-electron chi connectivity index (χ0n) is 8.25. The van der Waals surface area contributed by atoms with Gasteiger partial charge in [-0.15, -0.1) is 11.6 Å². The fourth-order valence-corrected chi connectivity index (χ4v) is 1.48. The van der Waals surface area contributed by atoms with Crippen molar-refractivity contribution in [3.8, 4) is 11.5 Å². The SMILES string of the molecule is CC(Cl)c1noc(-c2ccc(Br)c(F)c2)n1. The summed E-state index contributed by atoms with van der Waals surface area (Å²) in [5, 5.41) is 3.36. The van der Waals surface area contributed by atoms with Crippen LogP contribution in [-0.4, -0.2) is 10.1 Å². The van der Waals surface area contributed by atoms with E-state index in [0.29, 0.717) is 15.9 Å². The highest BCUT2D eigenvalue weighted by molar-refractivity contribution is 9.10. The Morgan fingerprint density at radius 1 is 1.50 bits per heavy atom. The maximum Gasteiger partial charge on any atom is 0.258 e. The van der Waals surface area contributed by atoms with Crippen LogP contribution in [0.25, 0.3) is 11.5 Å². The van der Waals surface area contributed by atoms with E-state index in [-0.39, 0.29) is 17.1 Å². The van der Waals surface area contributed by atoms with Crippen molar-refractivity contribution >= 4 is 27.5 Å². The minimum Gasteiger partial charge on any atom is -0.334 e. The van der Waals surface area contributed by atoms with Gasteiger partial charge in [-0.2, -0.15) is 4.98 Å². The molecule has 2 aromatic rings. The van der Waals surface area contributed by atoms with Gasteiger partial charge in [-0.1, -0.05) is 5.16 Å². The average Bonchev–Trinajstić information content (AvgIpc) is 2.71. The Morgan fingerprint density at radius 2 is 2.25 bits per heavy atom. The molecule has 0 aliphatic carbocycles. The standard InChI is InChI=1S/C10H7BrClFN2O/c1-5(12)9-14-10(16-15-9)6-2-3-7(11)8(13)4-6/h2-5H,1H3. The van der Waals surface area contributed by atoms with Crippen molar-refractivity contribution in [3.05, 3.63) is 34.3 Å². The third kappa shape index (κ3) is 2.25. The lowest BCUT2D eigenvalue weighted by Crippen LogP contribution is -1.87. The van der Waals surface area contributed by atoms with E-state index in [1.54, 1.807) is 19.1 Å². The van der Waals surface area contributed by atoms with Crippen molar-refractivity contribution in [3.63, 3.8) is 0 Å². The minimum absolute atomic E-state index is 0.258. The molecule has 0 spiro atoms. The first kappa shape index (κ1) is 11.5. The van der Waals surface area contributed by atoms with Gasteiger partial charge in [-0.25, -0.2) is 4.39 Å². The first-order chi connectivity index (χ1) is 7.58. The molecule has 0 bridgehead atoms. The summed E-state index contributed by atoms with van der Waals surface area (Å²) in [6.45, 7) is 1.73. The molecule has 3 nitrogen and oxygen atoms in total. The van der Waals surface area contributed by atoms with Crippen molar-refractivity contribution in [2.75, 3.05) is 0 Å². The Morgan fingerprint density at radius 3 is 2.81 bits per heavy atom. The summed E-state index contributed by atoms with van der Waals surface area (Å²) in [7, 11) is 0. The molecule has 1 heterocycles. The second kappa shape index (κ2) is 4.51. The van der Waals surface area contributed by atoms with Crippen LogP contribution >= 0.6 is 27.5 Å². The number of hydrogen-bond donors (Lipinski definition) is 0. The number of rotatable bonds is 2. The second-order valence-electron chi connectivity index (χ2n) is 3.20. The molecule has 1 unspecified atom stereocenters. The summed E-state index contributed by atoms with van der Waals surface area (Å²) in [6.07, 6.45) is 0. The number of benzene rings is 1. The highest BCUT2D eigenvalue weighted by atomic mass is 79.9. The molecule has 0 saturated heterocycles. The summed E-state index contributed by atoms with van der Waals surface area (Å²) in [4.78, 5) is 4.06. The molecule has 1 atom stereocenters. The van der Waals surface area contributed by atoms with Gasteiger partial charge in [0.1, 0.15) is 5.82 Å². The van der Waals surface area contributed by atoms with Crippen molar-refractivity contribution in [2.24, 2.45) is 0 Å². The van der Waals surface area contributed by atoms with Gasteiger partial charge >= 0.3 is 0 Å². The van der Waals surface area contributed by atoms with E-state index in [0.717, 1.165) is 0 Å². The summed E-state index contributed by atoms with van der Waals surface area (Å²) in [5.74, 6) is 0.269. The van der Waals surface area contributed by atoms with Crippen molar-refractivity contribution in [2.45, 2.75) is 12.3 Å². The number of hydrogen-bond acceptors (Lipinski definition) is 3. The van der Waals surface area contributed by atoms with Crippen LogP contribution in [0.1, 0.15) is 18.1 Å². The van der Waals surface area contributed by atoms with Crippen LogP contribution < -0.4 is 0 Å². The van der Waals surface area contributed by atoms with Gasteiger partial charge < -0.3 is 4.52 Å². The monoisotopic (exact) mass is 304 g/mol. The summed E-state index contributed by atoms with van der Waals surface area (Å²) in [5.41, 5.74) is 0.525. The Balaban J connectivity index is 2.39. The molecule has 0 aliphatic rings. The van der Waals surface area contributed by atoms with E-state index in [9.17, 15) is 4.39 Å². The van der Waals surface area contributed by atoms with Gasteiger partial charge in [0.15, 0.2) is 5.82 Å². The quantitative estimate of drug-likeness (QED) is 0.789. The predicted molar refractivity (Wildman–Crippen MR) is 61.7 cm³/mol. The molecule has 1 aromatic carbocycles. The maximum atomic E-state index is 13.3. The molecule has 16 heavy (non-hydrogen) atoms. The molecule has 6 heteroatoms. The molecule has 1 aromatic heterocycles. The van der Waals surface area contributed by atoms with E-state index in [4.69, 9.17) is 16.1 Å². The molecule has 84 valence electrons. The molecule has 0 aliphatic heterocycles. The van der Waals surface area contributed by atoms with E-state index >= 15 is 0 Å². The van der Waals surface area contributed by atoms with E-state index < -0.39 is 0 Å². The van der Waals surface area contributed by atoms with Crippen molar-refractivity contribution in [1.82, 2.24) is 10.1 Å². The van der Waals surface area contributed by atoms with Crippen LogP contribution in [-0.2, 0) is 0 Å². The first-order valence-electron chi connectivity index (χ1n) is 4.51. The van der Waals surface area contributed by atoms with Crippen LogP contribution in [0.2, 0.25) is 0 Å². The number of aromatic nitrogens is 2. The molecule has 0 radical (unpaired) electrons. The molecular formula is C10H7BrClFN2O. The highest BCUT2D eigenvalue weighted by Gasteiger charge is 2.13. The highest BCUT2D eigenvalue weighted by Crippen LogP contribution is 2.25. The minimum atomic E-state index is -0.379. The molecule has 0 N–H and O–H groups in total. The van der Waals surface area contributed by atoms with Gasteiger partial charge in [0, 0.05) is 5.56 Å². The van der Waals surface area contributed by atoms with Crippen LogP contribution in [0.5, 0.6) is 0 Å². The Labute approximate surface area is 105 Å². The van der Waals surface area contributed by atoms with Crippen LogP contribution in [0.15, 0.2) is 27.2 Å². The van der Waals surface area contributed by atoms with Crippen LogP contribution in [0.4, 0.5) is 4.39 Å². The Kier molecular flexibility index (Phi) is 3.25. The molecule has 0 saturated carbocycles.